The number of nitro groups is 1. The lowest BCUT2D eigenvalue weighted by atomic mass is 9.88. The third-order valence-electron chi connectivity index (χ3n) is 4.83. The highest BCUT2D eigenvalue weighted by Gasteiger charge is 2.26. The van der Waals surface area contributed by atoms with Crippen LogP contribution in [0.25, 0.3) is 0 Å². The number of amides is 1. The summed E-state index contributed by atoms with van der Waals surface area (Å²) in [7, 11) is 0. The number of nitrogens with zero attached hydrogens (tertiary/aromatic N) is 2. The Morgan fingerprint density at radius 2 is 1.96 bits per heavy atom. The lowest BCUT2D eigenvalue weighted by molar-refractivity contribution is -0.387. The largest absolute Gasteiger partial charge is 0.339 e. The minimum atomic E-state index is -0.940. The molecule has 6 nitrogen and oxygen atoms in total. The van der Waals surface area contributed by atoms with Crippen LogP contribution in [0, 0.1) is 15.9 Å². The third kappa shape index (κ3) is 3.72. The van der Waals surface area contributed by atoms with Crippen molar-refractivity contribution in [2.45, 2.75) is 25.3 Å². The van der Waals surface area contributed by atoms with Gasteiger partial charge < -0.3 is 10.6 Å². The summed E-state index contributed by atoms with van der Waals surface area (Å²) < 4.78 is 13.5. The first-order chi connectivity index (χ1) is 12.5. The summed E-state index contributed by atoms with van der Waals surface area (Å²) >= 11 is 0. The summed E-state index contributed by atoms with van der Waals surface area (Å²) in [5.74, 6) is -0.889. The maximum atomic E-state index is 13.5. The predicted octanol–water partition coefficient (Wildman–Crippen LogP) is 3.21. The fraction of sp³-hybridized carbons (Fsp3) is 0.316. The number of hydrogen-bond acceptors (Lipinski definition) is 4. The molecule has 2 aromatic rings. The van der Waals surface area contributed by atoms with Gasteiger partial charge in [-0.25, -0.2) is 0 Å². The first-order valence-corrected chi connectivity index (χ1v) is 8.51. The molecule has 1 amide bonds. The number of nitro benzene ring substituents is 1. The Morgan fingerprint density at radius 1 is 1.23 bits per heavy atom. The van der Waals surface area contributed by atoms with Gasteiger partial charge in [0.25, 0.3) is 5.91 Å². The molecule has 7 heteroatoms. The molecule has 1 aliphatic heterocycles. The fourth-order valence-electron chi connectivity index (χ4n) is 3.36. The number of likely N-dealkylation sites (tertiary alicyclic amines) is 1. The van der Waals surface area contributed by atoms with Crippen LogP contribution in [0.5, 0.6) is 0 Å². The van der Waals surface area contributed by atoms with Gasteiger partial charge in [0.2, 0.25) is 5.82 Å². The SMILES string of the molecule is NCc1cccc(C2CCN(C(=O)c3ccc(F)c([N+](=O)[O-])c3)CC2)c1. The van der Waals surface area contributed by atoms with Crippen LogP contribution < -0.4 is 5.73 Å². The maximum absolute atomic E-state index is 13.5. The Morgan fingerprint density at radius 3 is 2.62 bits per heavy atom. The molecule has 26 heavy (non-hydrogen) atoms. The van der Waals surface area contributed by atoms with E-state index < -0.39 is 16.4 Å². The molecule has 0 bridgehead atoms. The van der Waals surface area contributed by atoms with Gasteiger partial charge in [-0.3, -0.25) is 14.9 Å². The first kappa shape index (κ1) is 18.0. The Kier molecular flexibility index (Phi) is 5.27. The zero-order chi connectivity index (χ0) is 18.7. The maximum Gasteiger partial charge on any atom is 0.305 e. The Hall–Kier alpha value is -2.80. The fourth-order valence-corrected chi connectivity index (χ4v) is 3.36. The highest BCUT2D eigenvalue weighted by atomic mass is 19.1. The predicted molar refractivity (Wildman–Crippen MR) is 95.3 cm³/mol. The summed E-state index contributed by atoms with van der Waals surface area (Å²) in [5, 5.41) is 10.9. The van der Waals surface area contributed by atoms with Crippen molar-refractivity contribution in [2.75, 3.05) is 13.1 Å². The van der Waals surface area contributed by atoms with Crippen molar-refractivity contribution in [3.63, 3.8) is 0 Å². The lowest BCUT2D eigenvalue weighted by Gasteiger charge is -2.32. The van der Waals surface area contributed by atoms with Crippen LogP contribution in [0.1, 0.15) is 40.2 Å². The summed E-state index contributed by atoms with van der Waals surface area (Å²) in [6.07, 6.45) is 1.62. The molecule has 3 rings (SSSR count). The van der Waals surface area contributed by atoms with Crippen molar-refractivity contribution >= 4 is 11.6 Å². The van der Waals surface area contributed by atoms with E-state index in [1.54, 1.807) is 4.90 Å². The van der Waals surface area contributed by atoms with Crippen LogP contribution in [-0.4, -0.2) is 28.8 Å². The van der Waals surface area contributed by atoms with E-state index in [0.29, 0.717) is 25.6 Å². The minimum Gasteiger partial charge on any atom is -0.339 e. The van der Waals surface area contributed by atoms with E-state index >= 15 is 0 Å². The molecule has 0 saturated carbocycles. The van der Waals surface area contributed by atoms with Crippen LogP contribution in [-0.2, 0) is 6.54 Å². The van der Waals surface area contributed by atoms with Gasteiger partial charge in [-0.15, -0.1) is 0 Å². The van der Waals surface area contributed by atoms with Crippen molar-refractivity contribution in [2.24, 2.45) is 5.73 Å². The van der Waals surface area contributed by atoms with E-state index in [1.807, 2.05) is 12.1 Å². The number of piperidine rings is 1. The summed E-state index contributed by atoms with van der Waals surface area (Å²) in [5.41, 5.74) is 7.46. The van der Waals surface area contributed by atoms with E-state index in [9.17, 15) is 19.3 Å². The van der Waals surface area contributed by atoms with Gasteiger partial charge in [0, 0.05) is 31.3 Å². The third-order valence-corrected chi connectivity index (χ3v) is 4.83. The molecule has 1 heterocycles. The van der Waals surface area contributed by atoms with Gasteiger partial charge in [0.15, 0.2) is 0 Å². The molecular formula is C19H20FN3O3. The highest BCUT2D eigenvalue weighted by Crippen LogP contribution is 2.29. The normalized spacial score (nSPS) is 15.1. The highest BCUT2D eigenvalue weighted by molar-refractivity contribution is 5.95. The molecule has 0 radical (unpaired) electrons. The monoisotopic (exact) mass is 357 g/mol. The summed E-state index contributed by atoms with van der Waals surface area (Å²) in [6, 6.07) is 11.4. The first-order valence-electron chi connectivity index (χ1n) is 8.51. The average molecular weight is 357 g/mol. The van der Waals surface area contributed by atoms with Crippen molar-refractivity contribution < 1.29 is 14.1 Å². The van der Waals surface area contributed by atoms with Gasteiger partial charge in [-0.05, 0) is 42.0 Å². The summed E-state index contributed by atoms with van der Waals surface area (Å²) in [6.45, 7) is 1.61. The second-order valence-corrected chi connectivity index (χ2v) is 6.44. The van der Waals surface area contributed by atoms with Crippen molar-refractivity contribution in [3.05, 3.63) is 75.1 Å². The molecule has 0 aliphatic carbocycles. The van der Waals surface area contributed by atoms with E-state index in [-0.39, 0.29) is 11.5 Å². The van der Waals surface area contributed by atoms with E-state index in [4.69, 9.17) is 5.73 Å². The number of carbonyl (C=O) groups excluding carboxylic acids is 1. The smallest absolute Gasteiger partial charge is 0.305 e. The Bertz CT molecular complexity index is 833. The molecule has 0 unspecified atom stereocenters. The molecule has 2 aromatic carbocycles. The van der Waals surface area contributed by atoms with Gasteiger partial charge >= 0.3 is 5.69 Å². The van der Waals surface area contributed by atoms with E-state index in [2.05, 4.69) is 12.1 Å². The minimum absolute atomic E-state index is 0.140. The van der Waals surface area contributed by atoms with Gasteiger partial charge in [0.1, 0.15) is 0 Å². The number of carbonyl (C=O) groups is 1. The molecular weight excluding hydrogens is 337 g/mol. The lowest BCUT2D eigenvalue weighted by Crippen LogP contribution is -2.38. The quantitative estimate of drug-likeness (QED) is 0.672. The zero-order valence-electron chi connectivity index (χ0n) is 14.2. The van der Waals surface area contributed by atoms with Crippen molar-refractivity contribution in [3.8, 4) is 0 Å². The average Bonchev–Trinajstić information content (AvgIpc) is 2.67. The number of halogens is 1. The zero-order valence-corrected chi connectivity index (χ0v) is 14.2. The molecule has 136 valence electrons. The number of hydrogen-bond donors (Lipinski definition) is 1. The molecule has 1 saturated heterocycles. The molecule has 2 N–H and O–H groups in total. The van der Waals surface area contributed by atoms with Crippen LogP contribution in [0.4, 0.5) is 10.1 Å². The second kappa shape index (κ2) is 7.61. The topological polar surface area (TPSA) is 89.5 Å². The molecule has 1 aliphatic rings. The number of nitrogens with two attached hydrogens (primary N) is 1. The molecule has 1 fully saturated rings. The van der Waals surface area contributed by atoms with Gasteiger partial charge in [-0.2, -0.15) is 4.39 Å². The van der Waals surface area contributed by atoms with Crippen LogP contribution in [0.2, 0.25) is 0 Å². The van der Waals surface area contributed by atoms with Crippen LogP contribution in [0.3, 0.4) is 0 Å². The standard InChI is InChI=1S/C19H20FN3O3/c20-17-5-4-16(11-18(17)23(25)26)19(24)22-8-6-14(7-9-22)15-3-1-2-13(10-15)12-21/h1-5,10-11,14H,6-9,12,21H2. The van der Waals surface area contributed by atoms with Gasteiger partial charge in [-0.1, -0.05) is 24.3 Å². The van der Waals surface area contributed by atoms with Gasteiger partial charge in [0.05, 0.1) is 4.92 Å². The van der Waals surface area contributed by atoms with E-state index in [0.717, 1.165) is 30.5 Å². The van der Waals surface area contributed by atoms with E-state index in [1.165, 1.54) is 11.6 Å². The second-order valence-electron chi connectivity index (χ2n) is 6.44. The summed E-state index contributed by atoms with van der Waals surface area (Å²) in [4.78, 5) is 24.3. The molecule has 0 spiro atoms. The van der Waals surface area contributed by atoms with Crippen LogP contribution >= 0.6 is 0 Å². The number of benzene rings is 2. The van der Waals surface area contributed by atoms with Crippen molar-refractivity contribution in [1.29, 1.82) is 0 Å². The number of rotatable bonds is 4. The Balaban J connectivity index is 1.69. The van der Waals surface area contributed by atoms with Crippen LogP contribution in [0.15, 0.2) is 42.5 Å². The van der Waals surface area contributed by atoms with Crippen molar-refractivity contribution in [1.82, 2.24) is 4.90 Å². The molecule has 0 aromatic heterocycles. The molecule has 0 atom stereocenters. The Labute approximate surface area is 150 Å².